The van der Waals surface area contributed by atoms with Crippen molar-refractivity contribution in [2.75, 3.05) is 61.1 Å². The largest absolute Gasteiger partial charge is 0.497 e. The number of benzene rings is 2. The molecule has 2 saturated heterocycles. The summed E-state index contributed by atoms with van der Waals surface area (Å²) in [5.41, 5.74) is 4.00. The van der Waals surface area contributed by atoms with E-state index < -0.39 is 0 Å². The lowest BCUT2D eigenvalue weighted by atomic mass is 10.2. The van der Waals surface area contributed by atoms with E-state index in [2.05, 4.69) is 51.1 Å². The normalized spacial score (nSPS) is 17.9. The van der Waals surface area contributed by atoms with Crippen LogP contribution in [-0.4, -0.2) is 46.4 Å². The first-order valence-electron chi connectivity index (χ1n) is 9.32. The standard InChI is InChI=1S/C21H27N3O/c1-25-21-10-8-20(9-11-21)24-16-14-23(15-17-24)19-6-4-18(5-7-19)22-12-2-3-13-22/h4-11H,2-3,12-17H2,1H3. The Hall–Kier alpha value is -2.36. The monoisotopic (exact) mass is 337 g/mol. The van der Waals surface area contributed by atoms with Gasteiger partial charge in [0.05, 0.1) is 7.11 Å². The number of ether oxygens (including phenoxy) is 1. The van der Waals surface area contributed by atoms with E-state index in [4.69, 9.17) is 4.74 Å². The average Bonchev–Trinajstić information content (AvgIpc) is 3.23. The Morgan fingerprint density at radius 1 is 0.560 bits per heavy atom. The molecule has 4 rings (SSSR count). The summed E-state index contributed by atoms with van der Waals surface area (Å²) >= 11 is 0. The van der Waals surface area contributed by atoms with Crippen LogP contribution in [-0.2, 0) is 0 Å². The van der Waals surface area contributed by atoms with Crippen molar-refractivity contribution >= 4 is 17.1 Å². The maximum Gasteiger partial charge on any atom is 0.119 e. The molecule has 132 valence electrons. The Balaban J connectivity index is 1.36. The Morgan fingerprint density at radius 3 is 1.32 bits per heavy atom. The number of nitrogens with zero attached hydrogens (tertiary/aromatic N) is 3. The molecule has 4 nitrogen and oxygen atoms in total. The molecule has 2 fully saturated rings. The van der Waals surface area contributed by atoms with E-state index in [1.54, 1.807) is 7.11 Å². The number of anilines is 3. The van der Waals surface area contributed by atoms with Gasteiger partial charge in [-0.1, -0.05) is 0 Å². The van der Waals surface area contributed by atoms with E-state index >= 15 is 0 Å². The van der Waals surface area contributed by atoms with E-state index in [1.807, 2.05) is 12.1 Å². The molecule has 0 spiro atoms. The molecule has 25 heavy (non-hydrogen) atoms. The van der Waals surface area contributed by atoms with Crippen LogP contribution >= 0.6 is 0 Å². The lowest BCUT2D eigenvalue weighted by Crippen LogP contribution is -2.46. The summed E-state index contributed by atoms with van der Waals surface area (Å²) < 4.78 is 5.25. The zero-order valence-electron chi connectivity index (χ0n) is 15.0. The third kappa shape index (κ3) is 3.53. The number of methoxy groups -OCH3 is 1. The number of rotatable bonds is 4. The quantitative estimate of drug-likeness (QED) is 0.848. The first-order chi connectivity index (χ1) is 12.3. The maximum atomic E-state index is 5.25. The molecule has 0 unspecified atom stereocenters. The van der Waals surface area contributed by atoms with Crippen LogP contribution in [0.3, 0.4) is 0 Å². The number of hydrogen-bond donors (Lipinski definition) is 0. The highest BCUT2D eigenvalue weighted by Gasteiger charge is 2.18. The van der Waals surface area contributed by atoms with Gasteiger partial charge in [0, 0.05) is 56.3 Å². The molecule has 0 bridgehead atoms. The predicted molar refractivity (Wildman–Crippen MR) is 105 cm³/mol. The second-order valence-corrected chi connectivity index (χ2v) is 6.88. The first-order valence-corrected chi connectivity index (χ1v) is 9.32. The lowest BCUT2D eigenvalue weighted by Gasteiger charge is -2.37. The van der Waals surface area contributed by atoms with E-state index in [-0.39, 0.29) is 0 Å². The van der Waals surface area contributed by atoms with Crippen LogP contribution < -0.4 is 19.4 Å². The molecule has 0 aliphatic carbocycles. The first kappa shape index (κ1) is 16.1. The van der Waals surface area contributed by atoms with E-state index in [0.29, 0.717) is 0 Å². The van der Waals surface area contributed by atoms with Crippen molar-refractivity contribution in [3.63, 3.8) is 0 Å². The average molecular weight is 337 g/mol. The minimum Gasteiger partial charge on any atom is -0.497 e. The highest BCUT2D eigenvalue weighted by Crippen LogP contribution is 2.26. The van der Waals surface area contributed by atoms with Crippen LogP contribution in [0.4, 0.5) is 17.1 Å². The van der Waals surface area contributed by atoms with Crippen LogP contribution in [0.1, 0.15) is 12.8 Å². The van der Waals surface area contributed by atoms with Crippen LogP contribution in [0.5, 0.6) is 5.75 Å². The van der Waals surface area contributed by atoms with E-state index in [0.717, 1.165) is 31.9 Å². The third-order valence-electron chi connectivity index (χ3n) is 5.40. The van der Waals surface area contributed by atoms with Crippen LogP contribution in [0.25, 0.3) is 0 Å². The summed E-state index contributed by atoms with van der Waals surface area (Å²) in [4.78, 5) is 7.44. The Bertz CT molecular complexity index is 669. The fourth-order valence-electron chi connectivity index (χ4n) is 3.87. The highest BCUT2D eigenvalue weighted by molar-refractivity contribution is 5.58. The molecule has 0 radical (unpaired) electrons. The van der Waals surface area contributed by atoms with Crippen molar-refractivity contribution in [3.8, 4) is 5.75 Å². The molecule has 0 amide bonds. The SMILES string of the molecule is COc1ccc(N2CCN(c3ccc(N4CCCC4)cc3)CC2)cc1. The molecule has 0 atom stereocenters. The summed E-state index contributed by atoms with van der Waals surface area (Å²) in [6.07, 6.45) is 2.66. The number of piperazine rings is 1. The smallest absolute Gasteiger partial charge is 0.119 e. The Morgan fingerprint density at radius 2 is 0.920 bits per heavy atom. The molecular formula is C21H27N3O. The summed E-state index contributed by atoms with van der Waals surface area (Å²) in [7, 11) is 1.71. The Labute approximate surface area is 150 Å². The topological polar surface area (TPSA) is 19.0 Å². The van der Waals surface area contributed by atoms with Gasteiger partial charge in [0.25, 0.3) is 0 Å². The Kier molecular flexibility index (Phi) is 4.68. The predicted octanol–water partition coefficient (Wildman–Crippen LogP) is 3.62. The minimum absolute atomic E-state index is 0.917. The number of hydrogen-bond acceptors (Lipinski definition) is 4. The third-order valence-corrected chi connectivity index (χ3v) is 5.40. The van der Waals surface area contributed by atoms with Gasteiger partial charge in [0.15, 0.2) is 0 Å². The van der Waals surface area contributed by atoms with Gasteiger partial charge in [0.1, 0.15) is 5.75 Å². The molecule has 4 heteroatoms. The molecule has 0 aromatic heterocycles. The summed E-state index contributed by atoms with van der Waals surface area (Å²) in [5.74, 6) is 0.917. The molecule has 0 saturated carbocycles. The van der Waals surface area contributed by atoms with Crippen molar-refractivity contribution in [2.24, 2.45) is 0 Å². The second-order valence-electron chi connectivity index (χ2n) is 6.88. The summed E-state index contributed by atoms with van der Waals surface area (Å²) in [6.45, 7) is 6.66. The summed E-state index contributed by atoms with van der Waals surface area (Å²) in [6, 6.07) is 17.5. The second kappa shape index (κ2) is 7.26. The van der Waals surface area contributed by atoms with Crippen LogP contribution in [0, 0.1) is 0 Å². The van der Waals surface area contributed by atoms with Gasteiger partial charge < -0.3 is 19.4 Å². The van der Waals surface area contributed by atoms with Crippen molar-refractivity contribution < 1.29 is 4.74 Å². The fraction of sp³-hybridized carbons (Fsp3) is 0.429. The van der Waals surface area contributed by atoms with Gasteiger partial charge in [-0.25, -0.2) is 0 Å². The highest BCUT2D eigenvalue weighted by atomic mass is 16.5. The minimum atomic E-state index is 0.917. The molecule has 2 aliphatic rings. The lowest BCUT2D eigenvalue weighted by molar-refractivity contribution is 0.415. The van der Waals surface area contributed by atoms with Crippen LogP contribution in [0.2, 0.25) is 0 Å². The van der Waals surface area contributed by atoms with Crippen molar-refractivity contribution in [3.05, 3.63) is 48.5 Å². The molecule has 2 aliphatic heterocycles. The molecule has 2 aromatic carbocycles. The van der Waals surface area contributed by atoms with E-state index in [1.165, 1.54) is 43.0 Å². The fourth-order valence-corrected chi connectivity index (χ4v) is 3.87. The molecule has 2 heterocycles. The van der Waals surface area contributed by atoms with E-state index in [9.17, 15) is 0 Å². The molecular weight excluding hydrogens is 310 g/mol. The van der Waals surface area contributed by atoms with Gasteiger partial charge in [-0.3, -0.25) is 0 Å². The van der Waals surface area contributed by atoms with Crippen molar-refractivity contribution in [2.45, 2.75) is 12.8 Å². The van der Waals surface area contributed by atoms with Crippen LogP contribution in [0.15, 0.2) is 48.5 Å². The maximum absolute atomic E-state index is 5.25. The van der Waals surface area contributed by atoms with Crippen molar-refractivity contribution in [1.82, 2.24) is 0 Å². The van der Waals surface area contributed by atoms with Gasteiger partial charge in [-0.05, 0) is 61.4 Å². The van der Waals surface area contributed by atoms with Gasteiger partial charge in [-0.15, -0.1) is 0 Å². The van der Waals surface area contributed by atoms with Gasteiger partial charge in [-0.2, -0.15) is 0 Å². The van der Waals surface area contributed by atoms with Gasteiger partial charge in [0.2, 0.25) is 0 Å². The molecule has 2 aromatic rings. The summed E-state index contributed by atoms with van der Waals surface area (Å²) in [5, 5.41) is 0. The zero-order valence-corrected chi connectivity index (χ0v) is 15.0. The zero-order chi connectivity index (χ0) is 17.1. The van der Waals surface area contributed by atoms with Gasteiger partial charge >= 0.3 is 0 Å². The van der Waals surface area contributed by atoms with Crippen molar-refractivity contribution in [1.29, 1.82) is 0 Å². The molecule has 0 N–H and O–H groups in total.